The summed E-state index contributed by atoms with van der Waals surface area (Å²) in [4.78, 5) is 28.9. The van der Waals surface area contributed by atoms with Gasteiger partial charge in [-0.2, -0.15) is 0 Å². The highest BCUT2D eigenvalue weighted by molar-refractivity contribution is 5.97. The van der Waals surface area contributed by atoms with Gasteiger partial charge in [0, 0.05) is 18.3 Å². The number of nitrogens with zero attached hydrogens (tertiary/aromatic N) is 1. The average Bonchev–Trinajstić information content (AvgIpc) is 3.62. The molecule has 1 aliphatic carbocycles. The third-order valence-corrected chi connectivity index (χ3v) is 5.19. The van der Waals surface area contributed by atoms with Crippen LogP contribution in [0.4, 0.5) is 0 Å². The monoisotopic (exact) mass is 444 g/mol. The Morgan fingerprint density at radius 1 is 1.12 bits per heavy atom. The maximum absolute atomic E-state index is 12.6. The van der Waals surface area contributed by atoms with Crippen molar-refractivity contribution in [3.63, 3.8) is 0 Å². The molecule has 0 bridgehead atoms. The lowest BCUT2D eigenvalue weighted by molar-refractivity contribution is -0.155. The van der Waals surface area contributed by atoms with Crippen molar-refractivity contribution in [3.05, 3.63) is 42.2 Å². The summed E-state index contributed by atoms with van der Waals surface area (Å²) in [6.07, 6.45) is 2.45. The van der Waals surface area contributed by atoms with Crippen LogP contribution in [0.3, 0.4) is 0 Å². The van der Waals surface area contributed by atoms with Crippen molar-refractivity contribution in [2.75, 3.05) is 14.2 Å². The summed E-state index contributed by atoms with van der Waals surface area (Å²) >= 11 is 0. The van der Waals surface area contributed by atoms with Gasteiger partial charge in [-0.25, -0.2) is 9.78 Å². The number of benzene rings is 1. The highest BCUT2D eigenvalue weighted by atomic mass is 16.6. The first-order valence-electron chi connectivity index (χ1n) is 10.4. The average molecular weight is 444 g/mol. The van der Waals surface area contributed by atoms with E-state index >= 15 is 0 Å². The highest BCUT2D eigenvalue weighted by Crippen LogP contribution is 2.37. The Bertz CT molecular complexity index is 961. The standard InChI is InChI=1S/C23H28N2O7/c1-13(25-22(27)19-20(26)18(30-4)10-11-24-19)23(28)31-14(2)21(15-8-9-15)32-17-7-5-6-16(12-17)29-3/h5-7,10-15,21,26H,8-9H2,1-4H3,(H,25,27)/t13-,14-,21-/m0/s1. The summed E-state index contributed by atoms with van der Waals surface area (Å²) in [6.45, 7) is 3.27. The van der Waals surface area contributed by atoms with Crippen LogP contribution in [0, 0.1) is 5.92 Å². The molecule has 1 aliphatic rings. The van der Waals surface area contributed by atoms with Gasteiger partial charge in [-0.15, -0.1) is 0 Å². The second kappa shape index (κ2) is 10.2. The van der Waals surface area contributed by atoms with Crippen LogP contribution in [0.2, 0.25) is 0 Å². The van der Waals surface area contributed by atoms with E-state index in [-0.39, 0.29) is 23.5 Å². The van der Waals surface area contributed by atoms with E-state index in [0.717, 1.165) is 12.8 Å². The van der Waals surface area contributed by atoms with Crippen LogP contribution in [0.5, 0.6) is 23.0 Å². The zero-order valence-corrected chi connectivity index (χ0v) is 18.5. The Balaban J connectivity index is 1.61. The number of esters is 1. The van der Waals surface area contributed by atoms with Crippen molar-refractivity contribution in [1.82, 2.24) is 10.3 Å². The number of rotatable bonds is 10. The van der Waals surface area contributed by atoms with Crippen molar-refractivity contribution < 1.29 is 33.6 Å². The minimum Gasteiger partial charge on any atom is -0.503 e. The number of amides is 1. The maximum Gasteiger partial charge on any atom is 0.328 e. The molecule has 1 saturated carbocycles. The molecule has 1 amide bonds. The predicted octanol–water partition coefficient (Wildman–Crippen LogP) is 2.71. The smallest absolute Gasteiger partial charge is 0.328 e. The highest BCUT2D eigenvalue weighted by Gasteiger charge is 2.39. The molecule has 2 aromatic rings. The van der Waals surface area contributed by atoms with Gasteiger partial charge in [0.15, 0.2) is 17.2 Å². The molecule has 9 heteroatoms. The summed E-state index contributed by atoms with van der Waals surface area (Å²) in [5, 5.41) is 12.6. The number of methoxy groups -OCH3 is 2. The van der Waals surface area contributed by atoms with E-state index in [0.29, 0.717) is 11.5 Å². The number of aromatic nitrogens is 1. The van der Waals surface area contributed by atoms with Crippen LogP contribution in [0.1, 0.15) is 37.2 Å². The second-order valence-electron chi connectivity index (χ2n) is 7.65. The SMILES string of the molecule is COc1cccc(O[C@H](C2CC2)[C@H](C)OC(=O)[C@H](C)NC(=O)c2nccc(OC)c2O)c1. The fourth-order valence-electron chi connectivity index (χ4n) is 3.28. The maximum atomic E-state index is 12.6. The van der Waals surface area contributed by atoms with Crippen molar-refractivity contribution in [3.8, 4) is 23.0 Å². The van der Waals surface area contributed by atoms with Crippen LogP contribution in [-0.4, -0.2) is 54.4 Å². The third kappa shape index (κ3) is 5.60. The minimum absolute atomic E-state index is 0.107. The Hall–Kier alpha value is -3.49. The molecular weight excluding hydrogens is 416 g/mol. The molecule has 0 radical (unpaired) electrons. The summed E-state index contributed by atoms with van der Waals surface area (Å²) in [5.41, 5.74) is -0.241. The number of hydrogen-bond donors (Lipinski definition) is 2. The topological polar surface area (TPSA) is 116 Å². The van der Waals surface area contributed by atoms with Crippen LogP contribution in [0.25, 0.3) is 0 Å². The van der Waals surface area contributed by atoms with Crippen LogP contribution in [-0.2, 0) is 9.53 Å². The van der Waals surface area contributed by atoms with Gasteiger partial charge in [0.2, 0.25) is 0 Å². The molecule has 1 fully saturated rings. The normalized spacial score (nSPS) is 15.8. The predicted molar refractivity (Wildman–Crippen MR) is 115 cm³/mol. The lowest BCUT2D eigenvalue weighted by atomic mass is 10.1. The lowest BCUT2D eigenvalue weighted by Crippen LogP contribution is -2.43. The first-order valence-corrected chi connectivity index (χ1v) is 10.4. The van der Waals surface area contributed by atoms with Gasteiger partial charge in [0.05, 0.1) is 14.2 Å². The van der Waals surface area contributed by atoms with E-state index in [1.807, 2.05) is 18.2 Å². The number of carbonyl (C=O) groups is 2. The molecule has 3 atom stereocenters. The zero-order valence-electron chi connectivity index (χ0n) is 18.5. The number of ether oxygens (including phenoxy) is 4. The van der Waals surface area contributed by atoms with E-state index in [1.54, 1.807) is 20.1 Å². The van der Waals surface area contributed by atoms with E-state index in [1.165, 1.54) is 26.3 Å². The number of carbonyl (C=O) groups excluding carboxylic acids is 2. The van der Waals surface area contributed by atoms with Crippen LogP contribution < -0.4 is 19.5 Å². The van der Waals surface area contributed by atoms with Gasteiger partial charge in [0.25, 0.3) is 5.91 Å². The Morgan fingerprint density at radius 2 is 1.84 bits per heavy atom. The molecule has 0 spiro atoms. The molecule has 3 rings (SSSR count). The number of aromatic hydroxyl groups is 1. The number of hydrogen-bond acceptors (Lipinski definition) is 8. The van der Waals surface area contributed by atoms with Crippen molar-refractivity contribution in [1.29, 1.82) is 0 Å². The summed E-state index contributed by atoms with van der Waals surface area (Å²) in [5.74, 6) is -0.0415. The fourth-order valence-corrected chi connectivity index (χ4v) is 3.28. The number of nitrogens with one attached hydrogen (secondary N) is 1. The van der Waals surface area contributed by atoms with Gasteiger partial charge < -0.3 is 29.4 Å². The van der Waals surface area contributed by atoms with Crippen LogP contribution in [0.15, 0.2) is 36.5 Å². The summed E-state index contributed by atoms with van der Waals surface area (Å²) < 4.78 is 21.9. The molecule has 1 heterocycles. The van der Waals surface area contributed by atoms with Gasteiger partial charge in [-0.1, -0.05) is 6.07 Å². The minimum atomic E-state index is -0.964. The van der Waals surface area contributed by atoms with E-state index < -0.39 is 29.8 Å². The van der Waals surface area contributed by atoms with E-state index in [2.05, 4.69) is 10.3 Å². The Morgan fingerprint density at radius 3 is 2.50 bits per heavy atom. The molecule has 0 aliphatic heterocycles. The lowest BCUT2D eigenvalue weighted by Gasteiger charge is -2.26. The molecule has 2 N–H and O–H groups in total. The fraction of sp³-hybridized carbons (Fsp3) is 0.435. The van der Waals surface area contributed by atoms with Crippen LogP contribution >= 0.6 is 0 Å². The summed E-state index contributed by atoms with van der Waals surface area (Å²) in [7, 11) is 2.94. The van der Waals surface area contributed by atoms with Gasteiger partial charge in [-0.3, -0.25) is 4.79 Å². The second-order valence-corrected chi connectivity index (χ2v) is 7.65. The number of pyridine rings is 1. The molecular formula is C23H28N2O7. The van der Waals surface area contributed by atoms with Crippen molar-refractivity contribution in [2.45, 2.75) is 44.9 Å². The Labute approximate surface area is 186 Å². The molecule has 172 valence electrons. The molecule has 0 saturated heterocycles. The molecule has 0 unspecified atom stereocenters. The van der Waals surface area contributed by atoms with E-state index in [4.69, 9.17) is 18.9 Å². The first-order chi connectivity index (χ1) is 15.3. The van der Waals surface area contributed by atoms with Crippen molar-refractivity contribution in [2.24, 2.45) is 5.92 Å². The van der Waals surface area contributed by atoms with E-state index in [9.17, 15) is 14.7 Å². The molecule has 9 nitrogen and oxygen atoms in total. The summed E-state index contributed by atoms with van der Waals surface area (Å²) in [6, 6.07) is 7.71. The molecule has 1 aromatic heterocycles. The van der Waals surface area contributed by atoms with Gasteiger partial charge in [-0.05, 0) is 44.7 Å². The first kappa shape index (κ1) is 23.2. The Kier molecular flexibility index (Phi) is 7.40. The third-order valence-electron chi connectivity index (χ3n) is 5.19. The molecule has 1 aromatic carbocycles. The van der Waals surface area contributed by atoms with Crippen molar-refractivity contribution >= 4 is 11.9 Å². The zero-order chi connectivity index (χ0) is 23.3. The quantitative estimate of drug-likeness (QED) is 0.538. The largest absolute Gasteiger partial charge is 0.503 e. The van der Waals surface area contributed by atoms with Gasteiger partial charge in [0.1, 0.15) is 29.7 Å². The van der Waals surface area contributed by atoms with Gasteiger partial charge >= 0.3 is 5.97 Å². The molecule has 32 heavy (non-hydrogen) atoms.